The molecule has 21 heavy (non-hydrogen) atoms. The van der Waals surface area contributed by atoms with Gasteiger partial charge in [0.15, 0.2) is 0 Å². The number of aliphatic hydroxyl groups is 1. The third-order valence-corrected chi connectivity index (χ3v) is 5.66. The lowest BCUT2D eigenvalue weighted by atomic mass is 9.78. The van der Waals surface area contributed by atoms with Gasteiger partial charge in [0.25, 0.3) is 0 Å². The van der Waals surface area contributed by atoms with Crippen LogP contribution in [0.3, 0.4) is 0 Å². The van der Waals surface area contributed by atoms with Gasteiger partial charge in [0.1, 0.15) is 0 Å². The third kappa shape index (κ3) is 3.67. The van der Waals surface area contributed by atoms with Crippen LogP contribution in [-0.2, 0) is 0 Å². The number of hydrogen-bond acceptors (Lipinski definition) is 2. The molecule has 0 amide bonds. The van der Waals surface area contributed by atoms with E-state index in [1.165, 1.54) is 44.3 Å². The Labute approximate surface area is 129 Å². The van der Waals surface area contributed by atoms with Crippen molar-refractivity contribution in [2.45, 2.75) is 51.0 Å². The Morgan fingerprint density at radius 2 is 1.95 bits per heavy atom. The molecule has 2 fully saturated rings. The molecule has 1 heterocycles. The largest absolute Gasteiger partial charge is 0.393 e. The van der Waals surface area contributed by atoms with Crippen LogP contribution in [0, 0.1) is 11.8 Å². The van der Waals surface area contributed by atoms with Crippen molar-refractivity contribution in [2.24, 2.45) is 11.8 Å². The highest BCUT2D eigenvalue weighted by Gasteiger charge is 2.32. The second-order valence-electron chi connectivity index (χ2n) is 7.07. The zero-order chi connectivity index (χ0) is 14.7. The second kappa shape index (κ2) is 6.93. The maximum absolute atomic E-state index is 10.3. The van der Waals surface area contributed by atoms with E-state index < -0.39 is 0 Å². The normalized spacial score (nSPS) is 34.2. The molecule has 3 rings (SSSR count). The summed E-state index contributed by atoms with van der Waals surface area (Å²) in [7, 11) is 0. The number of likely N-dealkylation sites (tertiary alicyclic amines) is 1. The van der Waals surface area contributed by atoms with E-state index in [4.69, 9.17) is 0 Å². The number of rotatable bonds is 4. The summed E-state index contributed by atoms with van der Waals surface area (Å²) in [5.74, 6) is 2.03. The molecule has 1 saturated heterocycles. The van der Waals surface area contributed by atoms with Gasteiger partial charge in [-0.3, -0.25) is 0 Å². The smallest absolute Gasteiger partial charge is 0.0580 e. The predicted molar refractivity (Wildman–Crippen MR) is 87.4 cm³/mol. The van der Waals surface area contributed by atoms with Gasteiger partial charge in [-0.15, -0.1) is 0 Å². The quantitative estimate of drug-likeness (QED) is 0.913. The van der Waals surface area contributed by atoms with Crippen molar-refractivity contribution < 1.29 is 5.11 Å². The average Bonchev–Trinajstić information content (AvgIpc) is 2.99. The van der Waals surface area contributed by atoms with Gasteiger partial charge in [-0.1, -0.05) is 43.7 Å². The first-order valence-electron chi connectivity index (χ1n) is 8.71. The van der Waals surface area contributed by atoms with Crippen molar-refractivity contribution in [3.8, 4) is 0 Å². The standard InChI is InChI=1S/C19H29NO/c1-2-15-8-9-19(21)18(12-15)14-20-11-10-17(13-20)16-6-4-3-5-7-16/h3-7,15,17-19,21H,2,8-14H2,1H3. The summed E-state index contributed by atoms with van der Waals surface area (Å²) in [5, 5.41) is 10.3. The van der Waals surface area contributed by atoms with Crippen LogP contribution in [0.2, 0.25) is 0 Å². The predicted octanol–water partition coefficient (Wildman–Crippen LogP) is 3.66. The summed E-state index contributed by atoms with van der Waals surface area (Å²) < 4.78 is 0. The Hall–Kier alpha value is -0.860. The van der Waals surface area contributed by atoms with Gasteiger partial charge in [0, 0.05) is 13.1 Å². The first kappa shape index (κ1) is 15.1. The molecule has 2 nitrogen and oxygen atoms in total. The van der Waals surface area contributed by atoms with Crippen LogP contribution in [0.4, 0.5) is 0 Å². The first-order valence-corrected chi connectivity index (χ1v) is 8.71. The lowest BCUT2D eigenvalue weighted by Gasteiger charge is -2.35. The molecule has 0 radical (unpaired) electrons. The summed E-state index contributed by atoms with van der Waals surface area (Å²) in [5.41, 5.74) is 1.48. The topological polar surface area (TPSA) is 23.5 Å². The second-order valence-corrected chi connectivity index (χ2v) is 7.07. The van der Waals surface area contributed by atoms with Gasteiger partial charge in [0.05, 0.1) is 6.10 Å². The van der Waals surface area contributed by atoms with Crippen LogP contribution in [0.25, 0.3) is 0 Å². The lowest BCUT2D eigenvalue weighted by Crippen LogP contribution is -2.38. The molecule has 4 unspecified atom stereocenters. The highest BCUT2D eigenvalue weighted by atomic mass is 16.3. The molecule has 0 aromatic heterocycles. The minimum absolute atomic E-state index is 0.0661. The van der Waals surface area contributed by atoms with Crippen molar-refractivity contribution in [3.05, 3.63) is 35.9 Å². The Kier molecular flexibility index (Phi) is 4.97. The number of nitrogens with zero attached hydrogens (tertiary/aromatic N) is 1. The van der Waals surface area contributed by atoms with Gasteiger partial charge < -0.3 is 10.0 Å². The SMILES string of the molecule is CCC1CCC(O)C(CN2CCC(c3ccccc3)C2)C1. The van der Waals surface area contributed by atoms with Crippen molar-refractivity contribution in [1.82, 2.24) is 4.90 Å². The van der Waals surface area contributed by atoms with E-state index in [0.717, 1.165) is 18.9 Å². The molecule has 0 bridgehead atoms. The summed E-state index contributed by atoms with van der Waals surface area (Å²) >= 11 is 0. The lowest BCUT2D eigenvalue weighted by molar-refractivity contribution is 0.0304. The molecule has 2 aliphatic rings. The van der Waals surface area contributed by atoms with Crippen LogP contribution in [0.5, 0.6) is 0 Å². The molecule has 1 aromatic rings. The van der Waals surface area contributed by atoms with E-state index >= 15 is 0 Å². The van der Waals surface area contributed by atoms with Crippen LogP contribution in [0.1, 0.15) is 50.5 Å². The molecule has 2 heteroatoms. The molecule has 4 atom stereocenters. The van der Waals surface area contributed by atoms with Crippen LogP contribution >= 0.6 is 0 Å². The van der Waals surface area contributed by atoms with Gasteiger partial charge >= 0.3 is 0 Å². The van der Waals surface area contributed by atoms with Crippen molar-refractivity contribution >= 4 is 0 Å². The Bertz CT molecular complexity index is 432. The van der Waals surface area contributed by atoms with E-state index in [0.29, 0.717) is 11.8 Å². The minimum Gasteiger partial charge on any atom is -0.393 e. The fourth-order valence-corrected chi connectivity index (χ4v) is 4.24. The molecule has 1 aromatic carbocycles. The highest BCUT2D eigenvalue weighted by molar-refractivity contribution is 5.21. The van der Waals surface area contributed by atoms with E-state index in [1.54, 1.807) is 0 Å². The summed E-state index contributed by atoms with van der Waals surface area (Å²) in [6.45, 7) is 5.76. The van der Waals surface area contributed by atoms with Crippen LogP contribution in [-0.4, -0.2) is 35.7 Å². The van der Waals surface area contributed by atoms with Gasteiger partial charge in [-0.25, -0.2) is 0 Å². The summed E-state index contributed by atoms with van der Waals surface area (Å²) in [4.78, 5) is 2.59. The van der Waals surface area contributed by atoms with Crippen LogP contribution < -0.4 is 0 Å². The van der Waals surface area contributed by atoms with Gasteiger partial charge in [-0.05, 0) is 55.5 Å². The van der Waals surface area contributed by atoms with E-state index in [-0.39, 0.29) is 6.10 Å². The molecule has 1 aliphatic heterocycles. The molecule has 116 valence electrons. The van der Waals surface area contributed by atoms with E-state index in [1.807, 2.05) is 0 Å². The Balaban J connectivity index is 1.54. The zero-order valence-electron chi connectivity index (χ0n) is 13.2. The fourth-order valence-electron chi connectivity index (χ4n) is 4.24. The minimum atomic E-state index is -0.0661. The molecular formula is C19H29NO. The molecular weight excluding hydrogens is 258 g/mol. The van der Waals surface area contributed by atoms with Crippen molar-refractivity contribution in [3.63, 3.8) is 0 Å². The van der Waals surface area contributed by atoms with Gasteiger partial charge in [0.2, 0.25) is 0 Å². The summed E-state index contributed by atoms with van der Waals surface area (Å²) in [6.07, 6.45) is 5.94. The Morgan fingerprint density at radius 3 is 2.71 bits per heavy atom. The molecule has 1 N–H and O–H groups in total. The maximum atomic E-state index is 10.3. The maximum Gasteiger partial charge on any atom is 0.0580 e. The highest BCUT2D eigenvalue weighted by Crippen LogP contribution is 2.34. The monoisotopic (exact) mass is 287 g/mol. The number of benzene rings is 1. The molecule has 1 aliphatic carbocycles. The fraction of sp³-hybridized carbons (Fsp3) is 0.684. The third-order valence-electron chi connectivity index (χ3n) is 5.66. The molecule has 1 saturated carbocycles. The Morgan fingerprint density at radius 1 is 1.14 bits per heavy atom. The number of hydrogen-bond donors (Lipinski definition) is 1. The van der Waals surface area contributed by atoms with Crippen molar-refractivity contribution in [2.75, 3.05) is 19.6 Å². The zero-order valence-corrected chi connectivity index (χ0v) is 13.2. The van der Waals surface area contributed by atoms with Gasteiger partial charge in [-0.2, -0.15) is 0 Å². The summed E-state index contributed by atoms with van der Waals surface area (Å²) in [6, 6.07) is 10.9. The number of aliphatic hydroxyl groups excluding tert-OH is 1. The van der Waals surface area contributed by atoms with Crippen molar-refractivity contribution in [1.29, 1.82) is 0 Å². The first-order chi connectivity index (χ1) is 10.3. The molecule has 0 spiro atoms. The van der Waals surface area contributed by atoms with E-state index in [2.05, 4.69) is 42.2 Å². The van der Waals surface area contributed by atoms with Crippen LogP contribution in [0.15, 0.2) is 30.3 Å². The average molecular weight is 287 g/mol. The van der Waals surface area contributed by atoms with E-state index in [9.17, 15) is 5.11 Å².